The summed E-state index contributed by atoms with van der Waals surface area (Å²) in [4.78, 5) is 0. The summed E-state index contributed by atoms with van der Waals surface area (Å²) < 4.78 is 29.4. The van der Waals surface area contributed by atoms with Crippen molar-refractivity contribution in [3.63, 3.8) is 0 Å². The minimum Gasteiger partial charge on any atom is -0.310 e. The summed E-state index contributed by atoms with van der Waals surface area (Å²) in [6.07, 6.45) is 0. The first-order chi connectivity index (χ1) is 8.60. The molecule has 0 atom stereocenters. The van der Waals surface area contributed by atoms with E-state index in [4.69, 9.17) is 11.6 Å². The first kappa shape index (κ1) is 13.0. The van der Waals surface area contributed by atoms with Crippen LogP contribution in [0.5, 0.6) is 0 Å². The highest BCUT2D eigenvalue weighted by Gasteiger charge is 2.20. The molecule has 0 bridgehead atoms. The predicted molar refractivity (Wildman–Crippen MR) is 65.3 cm³/mol. The lowest BCUT2D eigenvalue weighted by molar-refractivity contribution is 0.578. The molecule has 3 nitrogen and oxygen atoms in total. The Balaban J connectivity index is 2.69. The van der Waals surface area contributed by atoms with E-state index in [0.29, 0.717) is 17.9 Å². The molecular formula is C12H12ClF2N3. The van der Waals surface area contributed by atoms with Gasteiger partial charge in [0, 0.05) is 6.54 Å². The molecule has 0 saturated carbocycles. The maximum atomic E-state index is 14.0. The largest absolute Gasteiger partial charge is 0.310 e. The van der Waals surface area contributed by atoms with Crippen molar-refractivity contribution in [2.45, 2.75) is 26.3 Å². The van der Waals surface area contributed by atoms with Gasteiger partial charge in [-0.1, -0.05) is 6.07 Å². The number of aromatic nitrogens is 3. The van der Waals surface area contributed by atoms with E-state index in [1.807, 2.05) is 6.92 Å². The molecule has 0 aliphatic heterocycles. The molecule has 2 rings (SSSR count). The zero-order valence-electron chi connectivity index (χ0n) is 10.0. The molecule has 0 aliphatic rings. The van der Waals surface area contributed by atoms with E-state index in [1.54, 1.807) is 11.5 Å². The second-order valence-electron chi connectivity index (χ2n) is 3.87. The van der Waals surface area contributed by atoms with Gasteiger partial charge in [-0.25, -0.2) is 8.78 Å². The number of rotatable bonds is 3. The van der Waals surface area contributed by atoms with Crippen LogP contribution in [0, 0.1) is 18.6 Å². The van der Waals surface area contributed by atoms with Gasteiger partial charge in [0.15, 0.2) is 5.82 Å². The van der Waals surface area contributed by atoms with Gasteiger partial charge >= 0.3 is 0 Å². The zero-order chi connectivity index (χ0) is 13.3. The van der Waals surface area contributed by atoms with Crippen LogP contribution in [0.1, 0.15) is 18.3 Å². The maximum absolute atomic E-state index is 14.0. The fourth-order valence-corrected chi connectivity index (χ4v) is 2.01. The monoisotopic (exact) mass is 271 g/mol. The Morgan fingerprint density at radius 1 is 1.28 bits per heavy atom. The average Bonchev–Trinajstić information content (AvgIpc) is 2.77. The summed E-state index contributed by atoms with van der Waals surface area (Å²) in [6, 6.07) is 2.62. The molecule has 1 aromatic carbocycles. The van der Waals surface area contributed by atoms with Gasteiger partial charge in [-0.15, -0.1) is 21.8 Å². The normalized spacial score (nSPS) is 10.9. The SMILES string of the molecule is CCn1c(CCl)nnc1-c1c(F)ccc(C)c1F. The summed E-state index contributed by atoms with van der Waals surface area (Å²) in [6.45, 7) is 3.92. The summed E-state index contributed by atoms with van der Waals surface area (Å²) in [5, 5.41) is 7.68. The average molecular weight is 272 g/mol. The molecule has 1 aromatic heterocycles. The Morgan fingerprint density at radius 2 is 2.00 bits per heavy atom. The molecule has 6 heteroatoms. The van der Waals surface area contributed by atoms with Crippen LogP contribution in [-0.4, -0.2) is 14.8 Å². The highest BCUT2D eigenvalue weighted by Crippen LogP contribution is 2.27. The van der Waals surface area contributed by atoms with E-state index in [-0.39, 0.29) is 17.3 Å². The molecule has 0 spiro atoms. The predicted octanol–water partition coefficient (Wildman–Crippen LogP) is 3.29. The maximum Gasteiger partial charge on any atom is 0.169 e. The lowest BCUT2D eigenvalue weighted by atomic mass is 10.1. The van der Waals surface area contributed by atoms with Crippen molar-refractivity contribution < 1.29 is 8.78 Å². The Morgan fingerprint density at radius 3 is 2.61 bits per heavy atom. The summed E-state index contributed by atoms with van der Waals surface area (Å²) in [5.74, 6) is -0.448. The number of alkyl halides is 1. The van der Waals surface area contributed by atoms with Crippen molar-refractivity contribution in [1.29, 1.82) is 0 Å². The van der Waals surface area contributed by atoms with Crippen LogP contribution in [0.3, 0.4) is 0 Å². The standard InChI is InChI=1S/C12H12ClF2N3/c1-3-18-9(6-13)16-17-12(18)10-8(14)5-4-7(2)11(10)15/h4-5H,3,6H2,1-2H3. The summed E-state index contributed by atoms with van der Waals surface area (Å²) >= 11 is 5.71. The van der Waals surface area contributed by atoms with Crippen molar-refractivity contribution in [2.75, 3.05) is 0 Å². The van der Waals surface area contributed by atoms with Gasteiger partial charge in [0.1, 0.15) is 17.5 Å². The molecule has 0 N–H and O–H groups in total. The first-order valence-electron chi connectivity index (χ1n) is 5.53. The van der Waals surface area contributed by atoms with Crippen LogP contribution in [0.25, 0.3) is 11.4 Å². The first-order valence-corrected chi connectivity index (χ1v) is 6.06. The van der Waals surface area contributed by atoms with Gasteiger partial charge in [-0.2, -0.15) is 0 Å². The Bertz CT molecular complexity index is 581. The van der Waals surface area contributed by atoms with Crippen LogP contribution in [0.15, 0.2) is 12.1 Å². The number of hydrogen-bond acceptors (Lipinski definition) is 2. The second-order valence-corrected chi connectivity index (χ2v) is 4.14. The minimum atomic E-state index is -0.652. The third kappa shape index (κ3) is 1.99. The summed E-state index contributed by atoms with van der Waals surface area (Å²) in [5.41, 5.74) is 0.213. The fourth-order valence-electron chi connectivity index (χ4n) is 1.81. The zero-order valence-corrected chi connectivity index (χ0v) is 10.8. The van der Waals surface area contributed by atoms with Gasteiger partial charge in [0.25, 0.3) is 0 Å². The summed E-state index contributed by atoms with van der Waals surface area (Å²) in [7, 11) is 0. The topological polar surface area (TPSA) is 30.7 Å². The van der Waals surface area contributed by atoms with E-state index in [9.17, 15) is 8.78 Å². The third-order valence-electron chi connectivity index (χ3n) is 2.77. The molecular weight excluding hydrogens is 260 g/mol. The van der Waals surface area contributed by atoms with Crippen molar-refractivity contribution in [1.82, 2.24) is 14.8 Å². The molecule has 2 aromatic rings. The number of halogens is 3. The van der Waals surface area contributed by atoms with E-state index >= 15 is 0 Å². The Labute approximate surface area is 108 Å². The van der Waals surface area contributed by atoms with Crippen LogP contribution in [0.4, 0.5) is 8.78 Å². The molecule has 18 heavy (non-hydrogen) atoms. The van der Waals surface area contributed by atoms with Gasteiger partial charge in [-0.05, 0) is 25.5 Å². The Hall–Kier alpha value is -1.49. The van der Waals surface area contributed by atoms with Gasteiger partial charge in [-0.3, -0.25) is 0 Å². The lowest BCUT2D eigenvalue weighted by Crippen LogP contribution is -2.05. The molecule has 0 aliphatic carbocycles. The van der Waals surface area contributed by atoms with E-state index < -0.39 is 11.6 Å². The number of hydrogen-bond donors (Lipinski definition) is 0. The van der Waals surface area contributed by atoms with E-state index in [2.05, 4.69) is 10.2 Å². The molecule has 0 radical (unpaired) electrons. The molecule has 1 heterocycles. The fraction of sp³-hybridized carbons (Fsp3) is 0.333. The van der Waals surface area contributed by atoms with E-state index in [1.165, 1.54) is 12.1 Å². The van der Waals surface area contributed by atoms with Crippen LogP contribution < -0.4 is 0 Å². The number of aryl methyl sites for hydroxylation is 1. The molecule has 0 saturated heterocycles. The van der Waals surface area contributed by atoms with Crippen molar-refractivity contribution in [3.8, 4) is 11.4 Å². The van der Waals surface area contributed by atoms with Crippen molar-refractivity contribution in [3.05, 3.63) is 35.2 Å². The van der Waals surface area contributed by atoms with Gasteiger partial charge in [0.05, 0.1) is 11.4 Å². The van der Waals surface area contributed by atoms with Crippen LogP contribution in [0.2, 0.25) is 0 Å². The Kier molecular flexibility index (Phi) is 3.61. The third-order valence-corrected chi connectivity index (χ3v) is 3.01. The smallest absolute Gasteiger partial charge is 0.169 e. The molecule has 0 amide bonds. The van der Waals surface area contributed by atoms with Crippen LogP contribution >= 0.6 is 11.6 Å². The van der Waals surface area contributed by atoms with Gasteiger partial charge in [0.2, 0.25) is 0 Å². The highest BCUT2D eigenvalue weighted by molar-refractivity contribution is 6.16. The van der Waals surface area contributed by atoms with Gasteiger partial charge < -0.3 is 4.57 Å². The highest BCUT2D eigenvalue weighted by atomic mass is 35.5. The lowest BCUT2D eigenvalue weighted by Gasteiger charge is -2.09. The quantitative estimate of drug-likeness (QED) is 0.802. The van der Waals surface area contributed by atoms with Crippen molar-refractivity contribution >= 4 is 11.6 Å². The van der Waals surface area contributed by atoms with Crippen LogP contribution in [-0.2, 0) is 12.4 Å². The molecule has 96 valence electrons. The van der Waals surface area contributed by atoms with E-state index in [0.717, 1.165) is 0 Å². The molecule has 0 unspecified atom stereocenters. The number of nitrogens with zero attached hydrogens (tertiary/aromatic N) is 3. The second kappa shape index (κ2) is 5.02. The molecule has 0 fully saturated rings. The van der Waals surface area contributed by atoms with Crippen molar-refractivity contribution in [2.24, 2.45) is 0 Å². The minimum absolute atomic E-state index is 0.149. The number of benzene rings is 1.